The zero-order valence-corrected chi connectivity index (χ0v) is 14.0. The van der Waals surface area contributed by atoms with Crippen LogP contribution in [-0.4, -0.2) is 28.6 Å². The maximum atomic E-state index is 12.4. The van der Waals surface area contributed by atoms with E-state index in [0.717, 1.165) is 0 Å². The minimum atomic E-state index is -4.78. The number of benzene rings is 2. The molecular weight excluding hydrogens is 359 g/mol. The van der Waals surface area contributed by atoms with Crippen molar-refractivity contribution in [1.29, 1.82) is 0 Å². The Balaban J connectivity index is 2.47. The zero-order chi connectivity index (χ0) is 18.5. The van der Waals surface area contributed by atoms with Gasteiger partial charge >= 0.3 is 6.36 Å². The first-order valence-electron chi connectivity index (χ1n) is 7.11. The fourth-order valence-corrected chi connectivity index (χ4v) is 3.36. The molecule has 5 nitrogen and oxygen atoms in total. The number of hydrogen-bond acceptors (Lipinski definition) is 4. The maximum Gasteiger partial charge on any atom is 0.522 e. The summed E-state index contributed by atoms with van der Waals surface area (Å²) >= 11 is 0. The van der Waals surface area contributed by atoms with Crippen molar-refractivity contribution in [3.8, 4) is 11.1 Å². The van der Waals surface area contributed by atoms with E-state index < -0.39 is 23.0 Å². The number of rotatable bonds is 7. The third-order valence-corrected chi connectivity index (χ3v) is 4.70. The second-order valence-electron chi connectivity index (χ2n) is 4.97. The highest BCUT2D eigenvalue weighted by atomic mass is 32.2. The predicted molar refractivity (Wildman–Crippen MR) is 84.9 cm³/mol. The van der Waals surface area contributed by atoms with Crippen molar-refractivity contribution < 1.29 is 31.1 Å². The highest BCUT2D eigenvalue weighted by Gasteiger charge is 2.29. The van der Waals surface area contributed by atoms with Crippen LogP contribution in [0.4, 0.5) is 13.2 Å². The molecule has 0 amide bonds. The van der Waals surface area contributed by atoms with Crippen LogP contribution >= 0.6 is 0 Å². The Morgan fingerprint density at radius 2 is 1.60 bits per heavy atom. The van der Waals surface area contributed by atoms with Gasteiger partial charge in [0.1, 0.15) is 6.73 Å². The summed E-state index contributed by atoms with van der Waals surface area (Å²) in [6.45, 7) is -0.949. The van der Waals surface area contributed by atoms with Gasteiger partial charge in [-0.1, -0.05) is 42.5 Å². The molecule has 25 heavy (non-hydrogen) atoms. The van der Waals surface area contributed by atoms with E-state index in [1.54, 1.807) is 24.3 Å². The maximum absolute atomic E-state index is 12.4. The number of methoxy groups -OCH3 is 1. The van der Waals surface area contributed by atoms with Crippen LogP contribution in [0.25, 0.3) is 11.1 Å². The molecule has 0 heterocycles. The van der Waals surface area contributed by atoms with Gasteiger partial charge in [0.2, 0.25) is 10.0 Å². The lowest BCUT2D eigenvalue weighted by Crippen LogP contribution is -2.26. The topological polar surface area (TPSA) is 64.6 Å². The summed E-state index contributed by atoms with van der Waals surface area (Å²) in [5, 5.41) is 0. The molecule has 0 saturated carbocycles. The van der Waals surface area contributed by atoms with E-state index in [0.29, 0.717) is 5.56 Å². The van der Waals surface area contributed by atoms with Crippen molar-refractivity contribution in [3.63, 3.8) is 0 Å². The quantitative estimate of drug-likeness (QED) is 0.755. The molecule has 2 rings (SSSR count). The number of ether oxygens (including phenoxy) is 2. The van der Waals surface area contributed by atoms with Crippen molar-refractivity contribution in [1.82, 2.24) is 4.72 Å². The van der Waals surface area contributed by atoms with Crippen LogP contribution in [0.3, 0.4) is 0 Å². The van der Waals surface area contributed by atoms with Crippen LogP contribution in [-0.2, 0) is 26.1 Å². The SMILES string of the molecule is COCNS(=O)(=O)c1ccccc1-c1ccccc1COC(F)(F)F. The summed E-state index contributed by atoms with van der Waals surface area (Å²) in [6.07, 6.45) is -4.78. The average Bonchev–Trinajstić information content (AvgIpc) is 2.58. The highest BCUT2D eigenvalue weighted by molar-refractivity contribution is 7.89. The Bertz CT molecular complexity index is 822. The lowest BCUT2D eigenvalue weighted by atomic mass is 10.0. The van der Waals surface area contributed by atoms with E-state index in [2.05, 4.69) is 9.46 Å². The lowest BCUT2D eigenvalue weighted by molar-refractivity contribution is -0.330. The summed E-state index contributed by atoms with van der Waals surface area (Å²) in [4.78, 5) is -0.0634. The van der Waals surface area contributed by atoms with Crippen LogP contribution in [0, 0.1) is 0 Å². The van der Waals surface area contributed by atoms with Crippen LogP contribution in [0.1, 0.15) is 5.56 Å². The van der Waals surface area contributed by atoms with Crippen LogP contribution in [0.15, 0.2) is 53.4 Å². The van der Waals surface area contributed by atoms with E-state index in [1.165, 1.54) is 31.4 Å². The van der Waals surface area contributed by atoms with Gasteiger partial charge in [-0.25, -0.2) is 8.42 Å². The number of halogens is 3. The third kappa shape index (κ3) is 5.27. The van der Waals surface area contributed by atoms with Gasteiger partial charge in [-0.3, -0.25) is 4.74 Å². The monoisotopic (exact) mass is 375 g/mol. The van der Waals surface area contributed by atoms with Crippen LogP contribution in [0.2, 0.25) is 0 Å². The first-order chi connectivity index (χ1) is 11.7. The highest BCUT2D eigenvalue weighted by Crippen LogP contribution is 2.31. The van der Waals surface area contributed by atoms with Gasteiger partial charge in [-0.2, -0.15) is 4.72 Å². The van der Waals surface area contributed by atoms with Crippen molar-refractivity contribution in [2.24, 2.45) is 0 Å². The summed E-state index contributed by atoms with van der Waals surface area (Å²) in [7, 11) is -2.57. The molecule has 0 fully saturated rings. The first kappa shape index (κ1) is 19.4. The van der Waals surface area contributed by atoms with E-state index in [1.807, 2.05) is 0 Å². The second-order valence-corrected chi connectivity index (χ2v) is 6.70. The second kappa shape index (κ2) is 7.96. The Morgan fingerprint density at radius 1 is 1.00 bits per heavy atom. The molecule has 2 aromatic rings. The minimum Gasteiger partial charge on any atom is -0.369 e. The summed E-state index contributed by atoms with van der Waals surface area (Å²) in [5.74, 6) is 0. The van der Waals surface area contributed by atoms with Crippen molar-refractivity contribution in [2.75, 3.05) is 13.8 Å². The van der Waals surface area contributed by atoms with E-state index >= 15 is 0 Å². The smallest absolute Gasteiger partial charge is 0.369 e. The summed E-state index contributed by atoms with van der Waals surface area (Å²) < 4.78 is 72.7. The Kier molecular flexibility index (Phi) is 6.17. The molecule has 0 aromatic heterocycles. The molecule has 0 atom stereocenters. The molecular formula is C16H16F3NO4S. The zero-order valence-electron chi connectivity index (χ0n) is 13.2. The Morgan fingerprint density at radius 3 is 2.24 bits per heavy atom. The number of nitrogens with one attached hydrogen (secondary N) is 1. The molecule has 0 aliphatic carbocycles. The molecule has 0 radical (unpaired) electrons. The number of sulfonamides is 1. The lowest BCUT2D eigenvalue weighted by Gasteiger charge is -2.15. The number of alkyl halides is 3. The summed E-state index contributed by atoms with van der Waals surface area (Å²) in [6, 6.07) is 12.2. The summed E-state index contributed by atoms with van der Waals surface area (Å²) in [5.41, 5.74) is 0.826. The van der Waals surface area contributed by atoms with E-state index in [-0.39, 0.29) is 22.8 Å². The first-order valence-corrected chi connectivity index (χ1v) is 8.59. The molecule has 0 saturated heterocycles. The van der Waals surface area contributed by atoms with Gasteiger partial charge in [-0.15, -0.1) is 13.2 Å². The molecule has 136 valence electrons. The molecule has 9 heteroatoms. The van der Waals surface area contributed by atoms with Gasteiger partial charge in [0, 0.05) is 12.7 Å². The number of hydrogen-bond donors (Lipinski definition) is 1. The average molecular weight is 375 g/mol. The van der Waals surface area contributed by atoms with Crippen LogP contribution < -0.4 is 4.72 Å². The predicted octanol–water partition coefficient (Wildman–Crippen LogP) is 3.27. The molecule has 0 spiro atoms. The van der Waals surface area contributed by atoms with Gasteiger partial charge in [0.05, 0.1) is 11.5 Å². The Labute approximate surface area is 143 Å². The molecule has 2 aromatic carbocycles. The molecule has 0 bridgehead atoms. The normalized spacial score (nSPS) is 12.3. The standard InChI is InChI=1S/C16H16F3NO4S/c1-23-11-20-25(21,22)15-9-5-4-8-14(15)13-7-3-2-6-12(13)10-24-16(17,18)19/h2-9,20H,10-11H2,1H3. The van der Waals surface area contributed by atoms with Crippen molar-refractivity contribution in [3.05, 3.63) is 54.1 Å². The van der Waals surface area contributed by atoms with Crippen molar-refractivity contribution in [2.45, 2.75) is 17.9 Å². The van der Waals surface area contributed by atoms with Gasteiger partial charge in [0.25, 0.3) is 0 Å². The van der Waals surface area contributed by atoms with Gasteiger partial charge < -0.3 is 4.74 Å². The fourth-order valence-electron chi connectivity index (χ4n) is 2.21. The fraction of sp³-hybridized carbons (Fsp3) is 0.250. The molecule has 0 aliphatic rings. The third-order valence-electron chi connectivity index (χ3n) is 3.27. The van der Waals surface area contributed by atoms with Gasteiger partial charge in [0.15, 0.2) is 0 Å². The molecule has 0 aliphatic heterocycles. The van der Waals surface area contributed by atoms with E-state index in [4.69, 9.17) is 4.74 Å². The molecule has 0 unspecified atom stereocenters. The van der Waals surface area contributed by atoms with Crippen molar-refractivity contribution >= 4 is 10.0 Å². The van der Waals surface area contributed by atoms with Crippen LogP contribution in [0.5, 0.6) is 0 Å². The van der Waals surface area contributed by atoms with Gasteiger partial charge in [-0.05, 0) is 17.2 Å². The molecule has 1 N–H and O–H groups in total. The Hall–Kier alpha value is -1.94. The largest absolute Gasteiger partial charge is 0.522 e. The van der Waals surface area contributed by atoms with E-state index in [9.17, 15) is 21.6 Å². The minimum absolute atomic E-state index is 0.0634.